The molecule has 2 aromatic carbocycles. The third-order valence-electron chi connectivity index (χ3n) is 6.28. The third kappa shape index (κ3) is 3.66. The summed E-state index contributed by atoms with van der Waals surface area (Å²) >= 11 is 6.41. The number of benzene rings is 2. The fraction of sp³-hybridized carbons (Fsp3) is 0.333. The summed E-state index contributed by atoms with van der Waals surface area (Å²) in [7, 11) is 0. The van der Waals surface area contributed by atoms with E-state index in [1.807, 2.05) is 4.90 Å². The van der Waals surface area contributed by atoms with Crippen LogP contribution in [0.15, 0.2) is 42.5 Å². The number of likely N-dealkylation sites (tertiary alicyclic amines) is 1. The molecule has 8 heteroatoms. The lowest BCUT2D eigenvalue weighted by Crippen LogP contribution is -2.44. The van der Waals surface area contributed by atoms with Gasteiger partial charge in [-0.15, -0.1) is 0 Å². The summed E-state index contributed by atoms with van der Waals surface area (Å²) in [4.78, 5) is 53.5. The molecule has 32 heavy (non-hydrogen) atoms. The quantitative estimate of drug-likeness (QED) is 0.717. The van der Waals surface area contributed by atoms with Gasteiger partial charge in [0.05, 0.1) is 27.8 Å². The van der Waals surface area contributed by atoms with Crippen molar-refractivity contribution in [3.8, 4) is 0 Å². The molecule has 7 nitrogen and oxygen atoms in total. The average Bonchev–Trinajstić information content (AvgIpc) is 3.62. The highest BCUT2D eigenvalue weighted by atomic mass is 35.5. The van der Waals surface area contributed by atoms with Gasteiger partial charge < -0.3 is 10.2 Å². The van der Waals surface area contributed by atoms with Gasteiger partial charge in [0, 0.05) is 24.7 Å². The summed E-state index contributed by atoms with van der Waals surface area (Å²) in [5.74, 6) is -0.982. The molecule has 5 rings (SSSR count). The van der Waals surface area contributed by atoms with Crippen molar-refractivity contribution in [3.05, 3.63) is 58.6 Å². The first kappa shape index (κ1) is 20.7. The number of nitrogens with zero attached hydrogens (tertiary/aromatic N) is 2. The molecule has 4 amide bonds. The maximum Gasteiger partial charge on any atom is 0.266 e. The van der Waals surface area contributed by atoms with Crippen LogP contribution in [0.4, 0.5) is 11.4 Å². The van der Waals surface area contributed by atoms with E-state index in [1.165, 1.54) is 6.07 Å². The first-order chi connectivity index (χ1) is 15.4. The normalized spacial score (nSPS) is 20.3. The van der Waals surface area contributed by atoms with Crippen LogP contribution < -0.4 is 10.2 Å². The number of piperidine rings is 1. The Labute approximate surface area is 190 Å². The molecule has 1 N–H and O–H groups in total. The molecular weight excluding hydrogens is 430 g/mol. The lowest BCUT2D eigenvalue weighted by atomic mass is 9.96. The molecule has 1 saturated carbocycles. The van der Waals surface area contributed by atoms with Crippen molar-refractivity contribution in [2.75, 3.05) is 23.3 Å². The van der Waals surface area contributed by atoms with Crippen LogP contribution in [0.5, 0.6) is 0 Å². The van der Waals surface area contributed by atoms with E-state index in [2.05, 4.69) is 5.32 Å². The van der Waals surface area contributed by atoms with E-state index in [0.29, 0.717) is 29.9 Å². The largest absolute Gasteiger partial charge is 0.342 e. The highest BCUT2D eigenvalue weighted by Gasteiger charge is 2.38. The van der Waals surface area contributed by atoms with Crippen molar-refractivity contribution in [3.63, 3.8) is 0 Å². The Morgan fingerprint density at radius 1 is 0.938 bits per heavy atom. The van der Waals surface area contributed by atoms with Gasteiger partial charge in [-0.05, 0) is 56.0 Å². The van der Waals surface area contributed by atoms with E-state index in [4.69, 9.17) is 11.6 Å². The number of fused-ring (bicyclic) bond motifs is 1. The van der Waals surface area contributed by atoms with Crippen LogP contribution in [-0.4, -0.2) is 41.6 Å². The second kappa shape index (κ2) is 8.06. The zero-order valence-corrected chi connectivity index (χ0v) is 18.1. The first-order valence-electron chi connectivity index (χ1n) is 10.8. The number of imide groups is 1. The Bertz CT molecular complexity index is 1110. The van der Waals surface area contributed by atoms with Crippen molar-refractivity contribution in [1.82, 2.24) is 4.90 Å². The summed E-state index contributed by atoms with van der Waals surface area (Å²) in [6.45, 7) is 1.14. The molecule has 0 aromatic heterocycles. The highest BCUT2D eigenvalue weighted by molar-refractivity contribution is 6.40. The van der Waals surface area contributed by atoms with Gasteiger partial charge in [-0.3, -0.25) is 19.2 Å². The summed E-state index contributed by atoms with van der Waals surface area (Å²) in [5, 5.41) is 3.05. The standard InChI is InChI=1S/C24H22ClN3O4/c25-19-12-16(26-21(29)15-4-3-11-27(13-15)22(30)14-7-8-14)9-10-20(19)28-23(31)17-5-1-2-6-18(17)24(28)32/h1-2,5-6,9-10,12,14-15H,3-4,7-8,11,13H2,(H,26,29). The summed E-state index contributed by atoms with van der Waals surface area (Å²) in [5.41, 5.74) is 1.43. The van der Waals surface area contributed by atoms with Gasteiger partial charge in [0.25, 0.3) is 11.8 Å². The molecule has 1 aliphatic carbocycles. The van der Waals surface area contributed by atoms with Crippen LogP contribution in [0, 0.1) is 11.8 Å². The number of carbonyl (C=O) groups excluding carboxylic acids is 4. The van der Waals surface area contributed by atoms with Crippen LogP contribution in [0.1, 0.15) is 46.4 Å². The number of hydrogen-bond donors (Lipinski definition) is 1. The molecule has 3 aliphatic rings. The van der Waals surface area contributed by atoms with Gasteiger partial charge in [0.2, 0.25) is 11.8 Å². The monoisotopic (exact) mass is 451 g/mol. The Kier molecular flexibility index (Phi) is 5.21. The second-order valence-electron chi connectivity index (χ2n) is 8.54. The van der Waals surface area contributed by atoms with E-state index in [-0.39, 0.29) is 34.4 Å². The van der Waals surface area contributed by atoms with Gasteiger partial charge in [0.1, 0.15) is 0 Å². The van der Waals surface area contributed by atoms with E-state index in [1.54, 1.807) is 36.4 Å². The van der Waals surface area contributed by atoms with E-state index in [0.717, 1.165) is 30.6 Å². The van der Waals surface area contributed by atoms with Gasteiger partial charge >= 0.3 is 0 Å². The topological polar surface area (TPSA) is 86.8 Å². The van der Waals surface area contributed by atoms with Crippen LogP contribution >= 0.6 is 11.6 Å². The number of halogens is 1. The maximum absolute atomic E-state index is 12.8. The summed E-state index contributed by atoms with van der Waals surface area (Å²) in [6, 6.07) is 11.4. The van der Waals surface area contributed by atoms with Crippen molar-refractivity contribution in [1.29, 1.82) is 0 Å². The van der Waals surface area contributed by atoms with Crippen LogP contribution in [0.25, 0.3) is 0 Å². The van der Waals surface area contributed by atoms with Crippen LogP contribution in [0.2, 0.25) is 5.02 Å². The Morgan fingerprint density at radius 3 is 2.25 bits per heavy atom. The zero-order chi connectivity index (χ0) is 22.4. The fourth-order valence-electron chi connectivity index (χ4n) is 4.40. The lowest BCUT2D eigenvalue weighted by Gasteiger charge is -2.32. The lowest BCUT2D eigenvalue weighted by molar-refractivity contribution is -0.135. The predicted molar refractivity (Wildman–Crippen MR) is 120 cm³/mol. The summed E-state index contributed by atoms with van der Waals surface area (Å²) in [6.07, 6.45) is 3.42. The minimum absolute atomic E-state index is 0.144. The molecule has 164 valence electrons. The third-order valence-corrected chi connectivity index (χ3v) is 6.58. The van der Waals surface area contributed by atoms with Crippen molar-refractivity contribution in [2.45, 2.75) is 25.7 Å². The Hall–Kier alpha value is -3.19. The number of amides is 4. The molecule has 0 spiro atoms. The summed E-state index contributed by atoms with van der Waals surface area (Å²) < 4.78 is 0. The molecule has 0 bridgehead atoms. The van der Waals surface area contributed by atoms with Crippen LogP contribution in [0.3, 0.4) is 0 Å². The molecule has 2 aromatic rings. The van der Waals surface area contributed by atoms with E-state index >= 15 is 0 Å². The number of rotatable bonds is 4. The van der Waals surface area contributed by atoms with Gasteiger partial charge in [-0.25, -0.2) is 4.90 Å². The molecular formula is C24H22ClN3O4. The molecule has 0 radical (unpaired) electrons. The van der Waals surface area contributed by atoms with Crippen molar-refractivity contribution in [2.24, 2.45) is 11.8 Å². The first-order valence-corrected chi connectivity index (χ1v) is 11.2. The fourth-order valence-corrected chi connectivity index (χ4v) is 4.66. The number of anilines is 2. The van der Waals surface area contributed by atoms with Gasteiger partial charge in [-0.1, -0.05) is 23.7 Å². The Morgan fingerprint density at radius 2 is 1.62 bits per heavy atom. The maximum atomic E-state index is 12.8. The van der Waals surface area contributed by atoms with Gasteiger partial charge in [0.15, 0.2) is 0 Å². The highest BCUT2D eigenvalue weighted by Crippen LogP contribution is 2.35. The van der Waals surface area contributed by atoms with Crippen molar-refractivity contribution >= 4 is 46.6 Å². The molecule has 1 atom stereocenters. The minimum atomic E-state index is -0.424. The molecule has 2 heterocycles. The Balaban J connectivity index is 1.29. The van der Waals surface area contributed by atoms with Crippen molar-refractivity contribution < 1.29 is 19.2 Å². The molecule has 1 unspecified atom stereocenters. The molecule has 2 aliphatic heterocycles. The van der Waals surface area contributed by atoms with Crippen LogP contribution in [-0.2, 0) is 9.59 Å². The average molecular weight is 452 g/mol. The number of carbonyl (C=O) groups is 4. The predicted octanol–water partition coefficient (Wildman–Crippen LogP) is 3.73. The SMILES string of the molecule is O=C(Nc1ccc(N2C(=O)c3ccccc3C2=O)c(Cl)c1)C1CCCN(C(=O)C2CC2)C1. The van der Waals surface area contributed by atoms with E-state index in [9.17, 15) is 19.2 Å². The number of nitrogens with one attached hydrogen (secondary N) is 1. The molecule has 2 fully saturated rings. The second-order valence-corrected chi connectivity index (χ2v) is 8.95. The van der Waals surface area contributed by atoms with Gasteiger partial charge in [-0.2, -0.15) is 0 Å². The smallest absolute Gasteiger partial charge is 0.266 e. The minimum Gasteiger partial charge on any atom is -0.342 e. The number of hydrogen-bond acceptors (Lipinski definition) is 4. The van der Waals surface area contributed by atoms with E-state index < -0.39 is 11.8 Å². The molecule has 1 saturated heterocycles. The zero-order valence-electron chi connectivity index (χ0n) is 17.3.